The normalized spacial score (nSPS) is 13.7. The molecule has 0 saturated carbocycles. The number of benzene rings is 3. The third-order valence-corrected chi connectivity index (χ3v) is 8.36. The van der Waals surface area contributed by atoms with Crippen molar-refractivity contribution in [3.05, 3.63) is 134 Å². The van der Waals surface area contributed by atoms with E-state index in [1.165, 1.54) is 23.5 Å². The molecule has 0 fully saturated rings. The zero-order valence-electron chi connectivity index (χ0n) is 22.8. The minimum absolute atomic E-state index is 0.163. The number of H-pyrrole nitrogens is 1. The van der Waals surface area contributed by atoms with E-state index in [2.05, 4.69) is 49.4 Å². The quantitative estimate of drug-likeness (QED) is 0.262. The number of pyridine rings is 2. The minimum Gasteiger partial charge on any atom is -0.366 e. The molecule has 0 bridgehead atoms. The summed E-state index contributed by atoms with van der Waals surface area (Å²) in [6, 6.07) is 24.7. The Morgan fingerprint density at radius 3 is 2.52 bits per heavy atom. The van der Waals surface area contributed by atoms with E-state index in [4.69, 9.17) is 11.6 Å². The lowest BCUT2D eigenvalue weighted by molar-refractivity contribution is 0.732. The molecule has 1 atom stereocenters. The molecule has 2 N–H and O–H groups in total. The maximum atomic E-state index is 14.6. The molecule has 3 aromatic carbocycles. The summed E-state index contributed by atoms with van der Waals surface area (Å²) >= 11 is 7.25. The fraction of sp³-hybridized carbons (Fsp3) is 0.152. The minimum atomic E-state index is -0.502. The van der Waals surface area contributed by atoms with E-state index in [-0.39, 0.29) is 11.0 Å². The van der Waals surface area contributed by atoms with Gasteiger partial charge in [0.05, 0.1) is 27.8 Å². The Labute approximate surface area is 246 Å². The number of hydrogen-bond donors (Lipinski definition) is 2. The Bertz CT molecular complexity index is 2080. The fourth-order valence-electron chi connectivity index (χ4n) is 5.98. The zero-order valence-corrected chi connectivity index (χ0v) is 23.6. The summed E-state index contributed by atoms with van der Waals surface area (Å²) < 4.78 is 1.68. The number of nitrogens with zero attached hydrogens (tertiary/aromatic N) is 4. The van der Waals surface area contributed by atoms with Crippen molar-refractivity contribution in [3.63, 3.8) is 0 Å². The fourth-order valence-corrected chi connectivity index (χ4v) is 6.38. The highest BCUT2D eigenvalue weighted by Crippen LogP contribution is 2.37. The van der Waals surface area contributed by atoms with Gasteiger partial charge in [-0.2, -0.15) is 0 Å². The van der Waals surface area contributed by atoms with Crippen LogP contribution in [0.5, 0.6) is 0 Å². The van der Waals surface area contributed by atoms with Crippen LogP contribution in [-0.2, 0) is 13.0 Å². The van der Waals surface area contributed by atoms with E-state index < -0.39 is 6.04 Å². The van der Waals surface area contributed by atoms with Crippen LogP contribution in [0.2, 0.25) is 5.02 Å². The molecular formula is C33H27ClN6O2. The van der Waals surface area contributed by atoms with Crippen molar-refractivity contribution in [2.45, 2.75) is 25.9 Å². The highest BCUT2D eigenvalue weighted by Gasteiger charge is 2.26. The van der Waals surface area contributed by atoms with Crippen molar-refractivity contribution in [1.82, 2.24) is 19.5 Å². The summed E-state index contributed by atoms with van der Waals surface area (Å²) in [4.78, 5) is 41.2. The molecule has 0 amide bonds. The number of halogens is 1. The monoisotopic (exact) mass is 574 g/mol. The number of anilines is 2. The van der Waals surface area contributed by atoms with Crippen LogP contribution in [0.15, 0.2) is 101 Å². The van der Waals surface area contributed by atoms with Gasteiger partial charge in [-0.1, -0.05) is 66.2 Å². The van der Waals surface area contributed by atoms with Crippen LogP contribution in [0.1, 0.15) is 29.8 Å². The average molecular weight is 575 g/mol. The average Bonchev–Trinajstić information content (AvgIpc) is 3.02. The van der Waals surface area contributed by atoms with Gasteiger partial charge in [0, 0.05) is 36.4 Å². The summed E-state index contributed by atoms with van der Waals surface area (Å²) in [5.74, 6) is 0.360. The number of aromatic nitrogens is 4. The first-order valence-corrected chi connectivity index (χ1v) is 14.2. The lowest BCUT2D eigenvalue weighted by atomic mass is 9.98. The molecule has 1 aliphatic heterocycles. The maximum absolute atomic E-state index is 14.6. The molecule has 6 aromatic rings. The standard InChI is InChI=1S/C33H27ClN6O2/c1-20(38-32-28-26(41)14-16-35-31(28)36-19-37-32)30-29(34)24-12-7-13-25(39-17-15-21-8-5-6-9-22(21)18-39)27(24)33(42)40(30)23-10-3-2-4-11-23/h2-14,16,19-20H,15,17-18H2,1H3,(H2,35,36,37,38,41)/t20-/m0/s1. The summed E-state index contributed by atoms with van der Waals surface area (Å²) in [7, 11) is 0. The number of fused-ring (bicyclic) bond motifs is 3. The highest BCUT2D eigenvalue weighted by atomic mass is 35.5. The highest BCUT2D eigenvalue weighted by molar-refractivity contribution is 6.36. The SMILES string of the molecule is C[C@H](Nc1ncnc2[nH]ccc(=O)c12)c1c(Cl)c2cccc(N3CCc4ccccc4C3)c2c(=O)n1-c1ccccc1. The Morgan fingerprint density at radius 1 is 0.905 bits per heavy atom. The molecular weight excluding hydrogens is 548 g/mol. The molecule has 1 aliphatic rings. The Hall–Kier alpha value is -4.95. The molecule has 0 unspecified atom stereocenters. The number of nitrogens with one attached hydrogen (secondary N) is 2. The van der Waals surface area contributed by atoms with Gasteiger partial charge >= 0.3 is 0 Å². The van der Waals surface area contributed by atoms with Crippen LogP contribution >= 0.6 is 11.6 Å². The van der Waals surface area contributed by atoms with Crippen molar-refractivity contribution < 1.29 is 0 Å². The van der Waals surface area contributed by atoms with Gasteiger partial charge in [0.2, 0.25) is 0 Å². The van der Waals surface area contributed by atoms with E-state index in [0.29, 0.717) is 50.6 Å². The van der Waals surface area contributed by atoms with E-state index >= 15 is 0 Å². The van der Waals surface area contributed by atoms with E-state index in [0.717, 1.165) is 18.7 Å². The van der Waals surface area contributed by atoms with Crippen LogP contribution in [-0.4, -0.2) is 26.1 Å². The molecule has 9 heteroatoms. The zero-order chi connectivity index (χ0) is 28.8. The molecule has 0 spiro atoms. The molecule has 3 aromatic heterocycles. The van der Waals surface area contributed by atoms with Crippen molar-refractivity contribution in [1.29, 1.82) is 0 Å². The molecule has 0 saturated heterocycles. The van der Waals surface area contributed by atoms with E-state index in [1.807, 2.05) is 55.5 Å². The molecule has 7 rings (SSSR count). The maximum Gasteiger partial charge on any atom is 0.265 e. The molecule has 8 nitrogen and oxygen atoms in total. The van der Waals surface area contributed by atoms with Crippen LogP contribution < -0.4 is 21.2 Å². The third-order valence-electron chi connectivity index (χ3n) is 7.96. The van der Waals surface area contributed by atoms with Gasteiger partial charge in [0.15, 0.2) is 5.43 Å². The topological polar surface area (TPSA) is 95.9 Å². The molecule has 0 radical (unpaired) electrons. The second-order valence-electron chi connectivity index (χ2n) is 10.5. The number of rotatable bonds is 5. The Kier molecular flexibility index (Phi) is 6.47. The molecule has 42 heavy (non-hydrogen) atoms. The van der Waals surface area contributed by atoms with Crippen LogP contribution in [0.25, 0.3) is 27.5 Å². The second-order valence-corrected chi connectivity index (χ2v) is 10.8. The largest absolute Gasteiger partial charge is 0.366 e. The Balaban J connectivity index is 1.42. The smallest absolute Gasteiger partial charge is 0.265 e. The first kappa shape index (κ1) is 26.0. The lowest BCUT2D eigenvalue weighted by Crippen LogP contribution is -2.32. The first-order chi connectivity index (χ1) is 20.5. The molecule has 208 valence electrons. The first-order valence-electron chi connectivity index (χ1n) is 13.8. The van der Waals surface area contributed by atoms with Gasteiger partial charge in [-0.15, -0.1) is 0 Å². The van der Waals surface area contributed by atoms with Gasteiger partial charge in [-0.05, 0) is 42.7 Å². The van der Waals surface area contributed by atoms with Crippen molar-refractivity contribution >= 4 is 44.9 Å². The lowest BCUT2D eigenvalue weighted by Gasteiger charge is -2.32. The predicted octanol–water partition coefficient (Wildman–Crippen LogP) is 6.01. The van der Waals surface area contributed by atoms with Gasteiger partial charge < -0.3 is 15.2 Å². The van der Waals surface area contributed by atoms with Gasteiger partial charge in [-0.25, -0.2) is 9.97 Å². The summed E-state index contributed by atoms with van der Waals surface area (Å²) in [6.07, 6.45) is 3.84. The third kappa shape index (κ3) is 4.31. The van der Waals surface area contributed by atoms with Gasteiger partial charge in [0.25, 0.3) is 5.56 Å². The summed E-state index contributed by atoms with van der Waals surface area (Å²) in [5, 5.41) is 5.40. The van der Waals surface area contributed by atoms with Crippen molar-refractivity contribution in [2.75, 3.05) is 16.8 Å². The van der Waals surface area contributed by atoms with Crippen molar-refractivity contribution in [2.24, 2.45) is 0 Å². The van der Waals surface area contributed by atoms with Crippen LogP contribution in [0.3, 0.4) is 0 Å². The number of aromatic amines is 1. The van der Waals surface area contributed by atoms with Gasteiger partial charge in [0.1, 0.15) is 23.2 Å². The van der Waals surface area contributed by atoms with Crippen molar-refractivity contribution in [3.8, 4) is 5.69 Å². The Morgan fingerprint density at radius 2 is 1.69 bits per heavy atom. The summed E-state index contributed by atoms with van der Waals surface area (Å²) in [6.45, 7) is 3.42. The molecule has 4 heterocycles. The predicted molar refractivity (Wildman–Crippen MR) is 168 cm³/mol. The van der Waals surface area contributed by atoms with Gasteiger partial charge in [-0.3, -0.25) is 14.2 Å². The van der Waals surface area contributed by atoms with Crippen LogP contribution in [0, 0.1) is 0 Å². The second kappa shape index (κ2) is 10.5. The van der Waals surface area contributed by atoms with E-state index in [9.17, 15) is 9.59 Å². The molecule has 0 aliphatic carbocycles. The number of para-hydroxylation sites is 1. The van der Waals surface area contributed by atoms with E-state index in [1.54, 1.807) is 10.8 Å². The summed E-state index contributed by atoms with van der Waals surface area (Å²) in [5.41, 5.74) is 4.77. The van der Waals surface area contributed by atoms with Crippen LogP contribution in [0.4, 0.5) is 11.5 Å². The number of hydrogen-bond acceptors (Lipinski definition) is 6.